The number of aromatic carboxylic acids is 2. The van der Waals surface area contributed by atoms with E-state index in [1.807, 2.05) is 12.1 Å². The maximum absolute atomic E-state index is 10.9. The van der Waals surface area contributed by atoms with E-state index in [0.29, 0.717) is 23.5 Å². The van der Waals surface area contributed by atoms with Crippen LogP contribution in [0, 0.1) is 11.3 Å². The van der Waals surface area contributed by atoms with Crippen molar-refractivity contribution >= 4 is 23.6 Å². The number of allylic oxidation sites excluding steroid dienone is 1. The average Bonchev–Trinajstić information content (AvgIpc) is 2.77. The molecule has 148 valence electrons. The minimum Gasteiger partial charge on any atom is -0.489 e. The van der Waals surface area contributed by atoms with Gasteiger partial charge in [-0.15, -0.1) is 0 Å². The third-order valence-corrected chi connectivity index (χ3v) is 4.36. The molecule has 3 aromatic carbocycles. The Morgan fingerprint density at radius 3 is 1.80 bits per heavy atom. The van der Waals surface area contributed by atoms with Crippen molar-refractivity contribution in [1.82, 2.24) is 0 Å². The van der Waals surface area contributed by atoms with E-state index in [-0.39, 0.29) is 11.1 Å². The molecule has 0 aliphatic rings. The van der Waals surface area contributed by atoms with E-state index >= 15 is 0 Å². The summed E-state index contributed by atoms with van der Waals surface area (Å²) < 4.78 is 5.71. The van der Waals surface area contributed by atoms with Crippen LogP contribution in [0.4, 0.5) is 0 Å². The monoisotopic (exact) mass is 399 g/mol. The van der Waals surface area contributed by atoms with Gasteiger partial charge in [0.25, 0.3) is 0 Å². The number of carboxylic acids is 2. The number of ether oxygens (including phenoxy) is 1. The number of rotatable bonds is 7. The molecular weight excluding hydrogens is 382 g/mol. The minimum atomic E-state index is -1.02. The second-order valence-corrected chi connectivity index (χ2v) is 6.41. The maximum atomic E-state index is 10.9. The van der Waals surface area contributed by atoms with E-state index in [9.17, 15) is 14.9 Å². The summed E-state index contributed by atoms with van der Waals surface area (Å²) in [5.74, 6) is -1.35. The van der Waals surface area contributed by atoms with Crippen molar-refractivity contribution in [2.24, 2.45) is 0 Å². The van der Waals surface area contributed by atoms with Crippen molar-refractivity contribution in [2.75, 3.05) is 0 Å². The van der Waals surface area contributed by atoms with E-state index in [1.165, 1.54) is 24.3 Å². The van der Waals surface area contributed by atoms with Crippen molar-refractivity contribution in [3.8, 4) is 11.8 Å². The highest BCUT2D eigenvalue weighted by Gasteiger charge is 2.06. The Morgan fingerprint density at radius 1 is 0.800 bits per heavy atom. The van der Waals surface area contributed by atoms with Crippen LogP contribution >= 0.6 is 0 Å². The van der Waals surface area contributed by atoms with Crippen LogP contribution in [-0.2, 0) is 6.61 Å². The number of carboxylic acid groups (broad SMARTS) is 2. The molecular formula is C24H17NO5. The highest BCUT2D eigenvalue weighted by atomic mass is 16.5. The van der Waals surface area contributed by atoms with E-state index in [0.717, 1.165) is 11.1 Å². The van der Waals surface area contributed by atoms with Crippen molar-refractivity contribution in [3.63, 3.8) is 0 Å². The Kier molecular flexibility index (Phi) is 6.26. The molecule has 3 aromatic rings. The molecule has 0 aromatic heterocycles. The first kappa shape index (κ1) is 20.4. The van der Waals surface area contributed by atoms with Gasteiger partial charge in [0.05, 0.1) is 22.8 Å². The summed E-state index contributed by atoms with van der Waals surface area (Å²) >= 11 is 0. The molecule has 0 aliphatic heterocycles. The van der Waals surface area contributed by atoms with Crippen molar-refractivity contribution in [2.45, 2.75) is 6.61 Å². The summed E-state index contributed by atoms with van der Waals surface area (Å²) in [7, 11) is 0. The van der Waals surface area contributed by atoms with Gasteiger partial charge in [-0.3, -0.25) is 0 Å². The minimum absolute atomic E-state index is 0.162. The molecule has 0 aliphatic carbocycles. The van der Waals surface area contributed by atoms with E-state index in [4.69, 9.17) is 14.9 Å². The second-order valence-electron chi connectivity index (χ2n) is 6.41. The van der Waals surface area contributed by atoms with Gasteiger partial charge in [-0.1, -0.05) is 36.4 Å². The van der Waals surface area contributed by atoms with Crippen LogP contribution in [0.1, 0.15) is 37.4 Å². The number of nitriles is 1. The lowest BCUT2D eigenvalue weighted by atomic mass is 10.0. The SMILES string of the molecule is N#CC(=Cc1ccc(OCc2ccc(C(=O)O)cc2)cc1)c1ccc(C(=O)O)cc1. The zero-order valence-electron chi connectivity index (χ0n) is 15.8. The number of carbonyl (C=O) groups is 2. The number of hydrogen-bond acceptors (Lipinski definition) is 4. The van der Waals surface area contributed by atoms with Gasteiger partial charge in [0.15, 0.2) is 0 Å². The smallest absolute Gasteiger partial charge is 0.335 e. The molecule has 0 heterocycles. The molecule has 0 saturated heterocycles. The quantitative estimate of drug-likeness (QED) is 0.439. The number of hydrogen-bond donors (Lipinski definition) is 2. The van der Waals surface area contributed by atoms with Gasteiger partial charge in [-0.05, 0) is 59.2 Å². The lowest BCUT2D eigenvalue weighted by molar-refractivity contribution is 0.0686. The standard InChI is InChI=1S/C24H17NO5/c25-14-21(18-7-9-20(10-8-18)24(28)29)13-16-3-11-22(12-4-16)30-15-17-1-5-19(6-2-17)23(26)27/h1-13H,15H2,(H,26,27)(H,28,29). The molecule has 0 fully saturated rings. The number of nitrogens with zero attached hydrogens (tertiary/aromatic N) is 1. The summed E-state index contributed by atoms with van der Waals surface area (Å²) in [6.07, 6.45) is 1.71. The summed E-state index contributed by atoms with van der Waals surface area (Å²) in [5.41, 5.74) is 3.08. The average molecular weight is 399 g/mol. The normalized spacial score (nSPS) is 10.8. The molecule has 0 spiro atoms. The molecule has 0 atom stereocenters. The van der Waals surface area contributed by atoms with Gasteiger partial charge in [0.1, 0.15) is 12.4 Å². The summed E-state index contributed by atoms with van der Waals surface area (Å²) in [6, 6.07) is 21.9. The Balaban J connectivity index is 1.67. The lowest BCUT2D eigenvalue weighted by Gasteiger charge is -2.07. The van der Waals surface area contributed by atoms with Crippen molar-refractivity contribution < 1.29 is 24.5 Å². The van der Waals surface area contributed by atoms with E-state index < -0.39 is 11.9 Å². The summed E-state index contributed by atoms with van der Waals surface area (Å²) in [4.78, 5) is 21.8. The fourth-order valence-electron chi connectivity index (χ4n) is 2.71. The summed E-state index contributed by atoms with van der Waals surface area (Å²) in [6.45, 7) is 0.300. The zero-order chi connectivity index (χ0) is 21.5. The fraction of sp³-hybridized carbons (Fsp3) is 0.0417. The Bertz CT molecular complexity index is 1120. The van der Waals surface area contributed by atoms with Crippen LogP contribution < -0.4 is 4.74 Å². The van der Waals surface area contributed by atoms with Gasteiger partial charge in [0, 0.05) is 0 Å². The molecule has 0 amide bonds. The van der Waals surface area contributed by atoms with Crippen molar-refractivity contribution in [3.05, 3.63) is 101 Å². The van der Waals surface area contributed by atoms with Gasteiger partial charge in [-0.25, -0.2) is 9.59 Å². The summed E-state index contributed by atoms with van der Waals surface area (Å²) in [5, 5.41) is 27.3. The van der Waals surface area contributed by atoms with Crippen LogP contribution in [0.5, 0.6) is 5.75 Å². The van der Waals surface area contributed by atoms with Crippen LogP contribution in [0.15, 0.2) is 72.8 Å². The first-order valence-corrected chi connectivity index (χ1v) is 8.97. The third kappa shape index (κ3) is 5.12. The molecule has 0 saturated carbocycles. The first-order chi connectivity index (χ1) is 14.5. The maximum Gasteiger partial charge on any atom is 0.335 e. The van der Waals surface area contributed by atoms with Gasteiger partial charge in [0.2, 0.25) is 0 Å². The molecule has 2 N–H and O–H groups in total. The number of benzene rings is 3. The molecule has 0 radical (unpaired) electrons. The predicted molar refractivity (Wildman–Crippen MR) is 111 cm³/mol. The molecule has 30 heavy (non-hydrogen) atoms. The van der Waals surface area contributed by atoms with Crippen LogP contribution in [-0.4, -0.2) is 22.2 Å². The van der Waals surface area contributed by atoms with Crippen LogP contribution in [0.25, 0.3) is 11.6 Å². The largest absolute Gasteiger partial charge is 0.489 e. The van der Waals surface area contributed by atoms with E-state index in [1.54, 1.807) is 42.5 Å². The molecule has 6 nitrogen and oxygen atoms in total. The van der Waals surface area contributed by atoms with Crippen LogP contribution in [0.3, 0.4) is 0 Å². The topological polar surface area (TPSA) is 108 Å². The molecule has 3 rings (SSSR count). The highest BCUT2D eigenvalue weighted by molar-refractivity contribution is 5.92. The molecule has 0 bridgehead atoms. The second kappa shape index (κ2) is 9.22. The van der Waals surface area contributed by atoms with Gasteiger partial charge < -0.3 is 14.9 Å². The van der Waals surface area contributed by atoms with Gasteiger partial charge in [-0.2, -0.15) is 5.26 Å². The Hall–Kier alpha value is -4.37. The Labute approximate surface area is 172 Å². The lowest BCUT2D eigenvalue weighted by Crippen LogP contribution is -1.98. The zero-order valence-corrected chi connectivity index (χ0v) is 15.8. The van der Waals surface area contributed by atoms with Gasteiger partial charge >= 0.3 is 11.9 Å². The fourth-order valence-corrected chi connectivity index (χ4v) is 2.71. The molecule has 6 heteroatoms. The van der Waals surface area contributed by atoms with Crippen molar-refractivity contribution in [1.29, 1.82) is 5.26 Å². The van der Waals surface area contributed by atoms with Crippen LogP contribution in [0.2, 0.25) is 0 Å². The predicted octanol–water partition coefficient (Wildman–Crippen LogP) is 4.73. The molecule has 0 unspecified atom stereocenters. The first-order valence-electron chi connectivity index (χ1n) is 8.97. The highest BCUT2D eigenvalue weighted by Crippen LogP contribution is 2.21. The third-order valence-electron chi connectivity index (χ3n) is 4.36. The Morgan fingerprint density at radius 2 is 1.30 bits per heavy atom. The van der Waals surface area contributed by atoms with E-state index in [2.05, 4.69) is 6.07 Å².